The second-order valence-corrected chi connectivity index (χ2v) is 4.52. The summed E-state index contributed by atoms with van der Waals surface area (Å²) in [6.07, 6.45) is 4.28. The Morgan fingerprint density at radius 1 is 1.41 bits per heavy atom. The summed E-state index contributed by atoms with van der Waals surface area (Å²) in [5.74, 6) is 0.493. The van der Waals surface area contributed by atoms with E-state index in [1.165, 1.54) is 24.0 Å². The van der Waals surface area contributed by atoms with Crippen LogP contribution in [-0.2, 0) is 13.5 Å². The monoisotopic (exact) mass is 230 g/mol. The van der Waals surface area contributed by atoms with Crippen LogP contribution in [0.25, 0.3) is 11.0 Å². The van der Waals surface area contributed by atoms with Crippen LogP contribution in [0.5, 0.6) is 0 Å². The first-order valence-corrected chi connectivity index (χ1v) is 6.08. The second-order valence-electron chi connectivity index (χ2n) is 4.52. The predicted octanol–water partition coefficient (Wildman–Crippen LogP) is 3.04. The summed E-state index contributed by atoms with van der Waals surface area (Å²) >= 11 is 0. The highest BCUT2D eigenvalue weighted by Gasteiger charge is 2.09. The number of nitrogens with zero attached hydrogens (tertiary/aromatic N) is 2. The molecule has 0 radical (unpaired) electrons. The molecule has 2 aromatic rings. The first kappa shape index (κ1) is 11.8. The summed E-state index contributed by atoms with van der Waals surface area (Å²) in [4.78, 5) is 15.2. The Balaban J connectivity index is 2.52. The summed E-state index contributed by atoms with van der Waals surface area (Å²) in [6, 6.07) is 4.24. The first-order chi connectivity index (χ1) is 8.17. The predicted molar refractivity (Wildman–Crippen MR) is 69.5 cm³/mol. The highest BCUT2D eigenvalue weighted by atomic mass is 16.1. The lowest BCUT2D eigenvalue weighted by Gasteiger charge is -2.05. The maximum atomic E-state index is 10.9. The first-order valence-electron chi connectivity index (χ1n) is 6.08. The molecule has 0 N–H and O–H groups in total. The molecule has 90 valence electrons. The van der Waals surface area contributed by atoms with Gasteiger partial charge in [-0.1, -0.05) is 13.3 Å². The van der Waals surface area contributed by atoms with Gasteiger partial charge < -0.3 is 4.57 Å². The van der Waals surface area contributed by atoms with E-state index in [4.69, 9.17) is 0 Å². The standard InChI is InChI=1S/C14H18N2O/c1-4-5-6-11-8-12-13(7-10(11)2)16(3)14(9-17)15-12/h7-9H,4-6H2,1-3H3. The topological polar surface area (TPSA) is 34.9 Å². The van der Waals surface area contributed by atoms with Crippen LogP contribution >= 0.6 is 0 Å². The van der Waals surface area contributed by atoms with Crippen LogP contribution in [0.4, 0.5) is 0 Å². The number of carbonyl (C=O) groups is 1. The number of hydrogen-bond donors (Lipinski definition) is 0. The molecule has 1 heterocycles. The third kappa shape index (κ3) is 2.09. The van der Waals surface area contributed by atoms with E-state index in [9.17, 15) is 4.79 Å². The number of rotatable bonds is 4. The molecule has 1 aromatic heterocycles. The van der Waals surface area contributed by atoms with Crippen molar-refractivity contribution in [1.82, 2.24) is 9.55 Å². The van der Waals surface area contributed by atoms with Crippen LogP contribution in [0, 0.1) is 6.92 Å². The quantitative estimate of drug-likeness (QED) is 0.757. The van der Waals surface area contributed by atoms with Crippen molar-refractivity contribution in [2.45, 2.75) is 33.1 Å². The Kier molecular flexibility index (Phi) is 3.27. The zero-order valence-corrected chi connectivity index (χ0v) is 10.7. The highest BCUT2D eigenvalue weighted by Crippen LogP contribution is 2.21. The molecular weight excluding hydrogens is 212 g/mol. The minimum Gasteiger partial charge on any atom is -0.325 e. The average Bonchev–Trinajstić information content (AvgIpc) is 2.63. The summed E-state index contributed by atoms with van der Waals surface area (Å²) in [5.41, 5.74) is 4.58. The normalized spacial score (nSPS) is 11.0. The molecule has 0 saturated carbocycles. The lowest BCUT2D eigenvalue weighted by Crippen LogP contribution is -1.95. The van der Waals surface area contributed by atoms with Gasteiger partial charge in [-0.25, -0.2) is 4.98 Å². The Morgan fingerprint density at radius 3 is 2.82 bits per heavy atom. The largest absolute Gasteiger partial charge is 0.325 e. The third-order valence-electron chi connectivity index (χ3n) is 3.28. The van der Waals surface area contributed by atoms with E-state index in [-0.39, 0.29) is 0 Å². The smallest absolute Gasteiger partial charge is 0.185 e. The van der Waals surface area contributed by atoms with Crippen molar-refractivity contribution in [3.8, 4) is 0 Å². The molecule has 0 aliphatic carbocycles. The van der Waals surface area contributed by atoms with Gasteiger partial charge in [-0.05, 0) is 43.0 Å². The van der Waals surface area contributed by atoms with Gasteiger partial charge in [0.1, 0.15) is 0 Å². The fraction of sp³-hybridized carbons (Fsp3) is 0.429. The molecule has 2 rings (SSSR count). The molecule has 0 aliphatic heterocycles. The maximum Gasteiger partial charge on any atom is 0.185 e. The van der Waals surface area contributed by atoms with Crippen LogP contribution in [0.15, 0.2) is 12.1 Å². The molecule has 1 aromatic carbocycles. The number of hydrogen-bond acceptors (Lipinski definition) is 2. The van der Waals surface area contributed by atoms with Crippen LogP contribution < -0.4 is 0 Å². The van der Waals surface area contributed by atoms with Gasteiger partial charge >= 0.3 is 0 Å². The number of aldehydes is 1. The Morgan fingerprint density at radius 2 is 2.18 bits per heavy atom. The molecule has 0 aliphatic rings. The van der Waals surface area contributed by atoms with Crippen LogP contribution in [-0.4, -0.2) is 15.8 Å². The Labute approximate surface area is 101 Å². The third-order valence-corrected chi connectivity index (χ3v) is 3.28. The van der Waals surface area contributed by atoms with E-state index in [1.807, 2.05) is 11.6 Å². The second kappa shape index (κ2) is 4.70. The van der Waals surface area contributed by atoms with Gasteiger partial charge in [-0.2, -0.15) is 0 Å². The van der Waals surface area contributed by atoms with Crippen LogP contribution in [0.3, 0.4) is 0 Å². The van der Waals surface area contributed by atoms with Crippen molar-refractivity contribution in [2.75, 3.05) is 0 Å². The molecule has 0 atom stereocenters. The number of fused-ring (bicyclic) bond motifs is 1. The lowest BCUT2D eigenvalue weighted by atomic mass is 10.0. The number of benzene rings is 1. The molecule has 3 nitrogen and oxygen atoms in total. The number of carbonyl (C=O) groups excluding carboxylic acids is 1. The van der Waals surface area contributed by atoms with Crippen molar-refractivity contribution in [3.05, 3.63) is 29.1 Å². The van der Waals surface area contributed by atoms with Crippen molar-refractivity contribution in [1.29, 1.82) is 0 Å². The zero-order valence-electron chi connectivity index (χ0n) is 10.7. The van der Waals surface area contributed by atoms with E-state index in [2.05, 4.69) is 31.0 Å². The molecule has 0 amide bonds. The van der Waals surface area contributed by atoms with Crippen molar-refractivity contribution >= 4 is 17.3 Å². The van der Waals surface area contributed by atoms with Crippen molar-refractivity contribution in [2.24, 2.45) is 7.05 Å². The number of aryl methyl sites for hydroxylation is 3. The van der Waals surface area contributed by atoms with Gasteiger partial charge in [0.05, 0.1) is 11.0 Å². The van der Waals surface area contributed by atoms with Gasteiger partial charge in [-0.3, -0.25) is 4.79 Å². The minimum absolute atomic E-state index is 0.493. The van der Waals surface area contributed by atoms with Gasteiger partial charge in [0, 0.05) is 7.05 Å². The fourth-order valence-corrected chi connectivity index (χ4v) is 2.15. The maximum absolute atomic E-state index is 10.9. The van der Waals surface area contributed by atoms with E-state index >= 15 is 0 Å². The minimum atomic E-state index is 0.493. The van der Waals surface area contributed by atoms with Gasteiger partial charge in [0.25, 0.3) is 0 Å². The zero-order chi connectivity index (χ0) is 12.4. The highest BCUT2D eigenvalue weighted by molar-refractivity contribution is 5.84. The lowest BCUT2D eigenvalue weighted by molar-refractivity contribution is 0.111. The summed E-state index contributed by atoms with van der Waals surface area (Å²) in [6.45, 7) is 4.32. The Bertz CT molecular complexity index is 555. The Hall–Kier alpha value is -1.64. The SMILES string of the molecule is CCCCc1cc2nc(C=O)n(C)c2cc1C. The van der Waals surface area contributed by atoms with Crippen LogP contribution in [0.1, 0.15) is 41.5 Å². The molecular formula is C14H18N2O. The van der Waals surface area contributed by atoms with E-state index in [0.717, 1.165) is 23.7 Å². The molecule has 0 fully saturated rings. The number of imidazole rings is 1. The molecule has 0 unspecified atom stereocenters. The average molecular weight is 230 g/mol. The summed E-state index contributed by atoms with van der Waals surface area (Å²) < 4.78 is 1.85. The van der Waals surface area contributed by atoms with Crippen LogP contribution in [0.2, 0.25) is 0 Å². The fourth-order valence-electron chi connectivity index (χ4n) is 2.15. The molecule has 0 saturated heterocycles. The van der Waals surface area contributed by atoms with E-state index < -0.39 is 0 Å². The van der Waals surface area contributed by atoms with E-state index in [1.54, 1.807) is 0 Å². The van der Waals surface area contributed by atoms with Gasteiger partial charge in [0.2, 0.25) is 0 Å². The number of aromatic nitrogens is 2. The molecule has 0 spiro atoms. The van der Waals surface area contributed by atoms with E-state index in [0.29, 0.717) is 5.82 Å². The molecule has 0 bridgehead atoms. The molecule has 17 heavy (non-hydrogen) atoms. The van der Waals surface area contributed by atoms with Crippen molar-refractivity contribution in [3.63, 3.8) is 0 Å². The van der Waals surface area contributed by atoms with Gasteiger partial charge in [0.15, 0.2) is 12.1 Å². The van der Waals surface area contributed by atoms with Gasteiger partial charge in [-0.15, -0.1) is 0 Å². The van der Waals surface area contributed by atoms with Crippen molar-refractivity contribution < 1.29 is 4.79 Å². The summed E-state index contributed by atoms with van der Waals surface area (Å²) in [5, 5.41) is 0. The molecule has 3 heteroatoms. The number of unbranched alkanes of at least 4 members (excludes halogenated alkanes) is 1. The summed E-state index contributed by atoms with van der Waals surface area (Å²) in [7, 11) is 1.88.